The molecule has 0 N–H and O–H groups in total. The summed E-state index contributed by atoms with van der Waals surface area (Å²) >= 11 is 0. The predicted molar refractivity (Wildman–Crippen MR) is 80.5 cm³/mol. The summed E-state index contributed by atoms with van der Waals surface area (Å²) in [6, 6.07) is 9.21. The summed E-state index contributed by atoms with van der Waals surface area (Å²) in [6.45, 7) is 8.12. The molecule has 0 unspecified atom stereocenters. The smallest absolute Gasteiger partial charge is 0.123 e. The quantitative estimate of drug-likeness (QED) is 0.657. The molecule has 1 aromatic carbocycles. The van der Waals surface area contributed by atoms with Crippen LogP contribution in [0.5, 0.6) is 5.75 Å². The molecule has 0 spiro atoms. The van der Waals surface area contributed by atoms with Gasteiger partial charge in [0.1, 0.15) is 12.4 Å². The predicted octanol–water partition coefficient (Wildman–Crippen LogP) is 4.90. The maximum atomic E-state index is 5.75. The summed E-state index contributed by atoms with van der Waals surface area (Å²) < 4.78 is 5.75. The summed E-state index contributed by atoms with van der Waals surface area (Å²) in [5.74, 6) is 2.45. The number of benzene rings is 1. The third kappa shape index (κ3) is 3.73. The van der Waals surface area contributed by atoms with E-state index in [0.717, 1.165) is 18.1 Å². The Bertz CT molecular complexity index is 413. The highest BCUT2D eigenvalue weighted by atomic mass is 16.5. The molecular weight excluding hydrogens is 232 g/mol. The zero-order valence-electron chi connectivity index (χ0n) is 11.6. The third-order valence-electron chi connectivity index (χ3n) is 4.00. The molecule has 1 radical (unpaired) electrons. The first-order valence-electron chi connectivity index (χ1n) is 7.19. The van der Waals surface area contributed by atoms with Crippen molar-refractivity contribution in [1.29, 1.82) is 0 Å². The fourth-order valence-electron chi connectivity index (χ4n) is 2.98. The van der Waals surface area contributed by atoms with Crippen LogP contribution in [0.2, 0.25) is 0 Å². The van der Waals surface area contributed by atoms with Gasteiger partial charge in [0.25, 0.3) is 0 Å². The molecule has 0 aliphatic heterocycles. The van der Waals surface area contributed by atoms with Gasteiger partial charge in [0, 0.05) is 0 Å². The molecule has 1 saturated carbocycles. The van der Waals surface area contributed by atoms with Gasteiger partial charge in [-0.3, -0.25) is 0 Å². The van der Waals surface area contributed by atoms with Gasteiger partial charge in [-0.05, 0) is 61.6 Å². The summed E-state index contributed by atoms with van der Waals surface area (Å²) in [4.78, 5) is 0. The highest BCUT2D eigenvalue weighted by Crippen LogP contribution is 2.40. The second kappa shape index (κ2) is 7.18. The SMILES string of the molecule is C=CCOc1c[c]ccc1C1CCC(CC=C)CC1. The number of ether oxygens (including phenoxy) is 1. The Kier molecular flexibility index (Phi) is 5.26. The van der Waals surface area contributed by atoms with Crippen LogP contribution in [-0.2, 0) is 0 Å². The van der Waals surface area contributed by atoms with Crippen LogP contribution in [0.4, 0.5) is 0 Å². The van der Waals surface area contributed by atoms with Gasteiger partial charge in [-0.1, -0.05) is 30.9 Å². The molecule has 0 heterocycles. The van der Waals surface area contributed by atoms with Crippen LogP contribution in [0.1, 0.15) is 43.6 Å². The van der Waals surface area contributed by atoms with Crippen LogP contribution < -0.4 is 4.74 Å². The number of rotatable bonds is 6. The zero-order valence-corrected chi connectivity index (χ0v) is 11.6. The Hall–Kier alpha value is -1.50. The summed E-state index contributed by atoms with van der Waals surface area (Å²) in [6.07, 6.45) is 10.1. The first-order valence-corrected chi connectivity index (χ1v) is 7.19. The Morgan fingerprint density at radius 2 is 2.00 bits per heavy atom. The molecule has 1 aromatic rings. The highest BCUT2D eigenvalue weighted by molar-refractivity contribution is 5.36. The lowest BCUT2D eigenvalue weighted by Crippen LogP contribution is -2.13. The second-order valence-corrected chi connectivity index (χ2v) is 5.31. The molecule has 1 fully saturated rings. The summed E-state index contributed by atoms with van der Waals surface area (Å²) in [5, 5.41) is 0. The van der Waals surface area contributed by atoms with Gasteiger partial charge in [0.15, 0.2) is 0 Å². The molecule has 0 saturated heterocycles. The minimum Gasteiger partial charge on any atom is -0.489 e. The van der Waals surface area contributed by atoms with E-state index in [1.54, 1.807) is 6.08 Å². The molecule has 0 atom stereocenters. The lowest BCUT2D eigenvalue weighted by molar-refractivity contribution is 0.313. The van der Waals surface area contributed by atoms with E-state index in [9.17, 15) is 0 Å². The topological polar surface area (TPSA) is 9.23 Å². The number of hydrogen-bond donors (Lipinski definition) is 0. The maximum Gasteiger partial charge on any atom is 0.123 e. The van der Waals surface area contributed by atoms with Gasteiger partial charge in [0.05, 0.1) is 0 Å². The highest BCUT2D eigenvalue weighted by Gasteiger charge is 2.23. The molecule has 1 aliphatic carbocycles. The molecule has 101 valence electrons. The normalized spacial score (nSPS) is 22.7. The van der Waals surface area contributed by atoms with Crippen LogP contribution >= 0.6 is 0 Å². The lowest BCUT2D eigenvalue weighted by atomic mass is 9.77. The van der Waals surface area contributed by atoms with Gasteiger partial charge in [-0.15, -0.1) is 6.58 Å². The fourth-order valence-corrected chi connectivity index (χ4v) is 2.98. The Morgan fingerprint density at radius 3 is 2.68 bits per heavy atom. The van der Waals surface area contributed by atoms with Crippen molar-refractivity contribution in [3.05, 3.63) is 55.1 Å². The molecule has 2 rings (SSSR count). The van der Waals surface area contributed by atoms with E-state index in [-0.39, 0.29) is 0 Å². The maximum absolute atomic E-state index is 5.75. The van der Waals surface area contributed by atoms with Crippen molar-refractivity contribution in [2.75, 3.05) is 6.61 Å². The number of hydrogen-bond acceptors (Lipinski definition) is 1. The van der Waals surface area contributed by atoms with Gasteiger partial charge in [-0.2, -0.15) is 0 Å². The fraction of sp³-hybridized carbons (Fsp3) is 0.444. The van der Waals surface area contributed by atoms with Crippen molar-refractivity contribution in [2.45, 2.75) is 38.0 Å². The van der Waals surface area contributed by atoms with E-state index in [4.69, 9.17) is 4.74 Å². The van der Waals surface area contributed by atoms with Crippen molar-refractivity contribution >= 4 is 0 Å². The van der Waals surface area contributed by atoms with E-state index in [1.165, 1.54) is 31.2 Å². The Balaban J connectivity index is 2.02. The van der Waals surface area contributed by atoms with Crippen molar-refractivity contribution in [2.24, 2.45) is 5.92 Å². The first-order chi connectivity index (χ1) is 9.35. The van der Waals surface area contributed by atoms with Crippen LogP contribution in [0, 0.1) is 12.0 Å². The molecule has 0 bridgehead atoms. The van der Waals surface area contributed by atoms with Gasteiger partial charge < -0.3 is 4.74 Å². The van der Waals surface area contributed by atoms with Gasteiger partial charge in [0.2, 0.25) is 0 Å². The van der Waals surface area contributed by atoms with E-state index in [1.807, 2.05) is 12.1 Å². The van der Waals surface area contributed by atoms with Crippen LogP contribution in [0.15, 0.2) is 43.5 Å². The lowest BCUT2D eigenvalue weighted by Gasteiger charge is -2.29. The molecule has 0 aromatic heterocycles. The van der Waals surface area contributed by atoms with E-state index in [2.05, 4.69) is 31.4 Å². The van der Waals surface area contributed by atoms with Crippen molar-refractivity contribution in [3.63, 3.8) is 0 Å². The van der Waals surface area contributed by atoms with E-state index in [0.29, 0.717) is 12.5 Å². The van der Waals surface area contributed by atoms with Crippen LogP contribution in [-0.4, -0.2) is 6.61 Å². The largest absolute Gasteiger partial charge is 0.489 e. The molecule has 1 nitrogen and oxygen atoms in total. The van der Waals surface area contributed by atoms with Crippen molar-refractivity contribution in [3.8, 4) is 5.75 Å². The third-order valence-corrected chi connectivity index (χ3v) is 4.00. The average molecular weight is 255 g/mol. The second-order valence-electron chi connectivity index (χ2n) is 5.31. The van der Waals surface area contributed by atoms with Crippen molar-refractivity contribution in [1.82, 2.24) is 0 Å². The molecule has 19 heavy (non-hydrogen) atoms. The van der Waals surface area contributed by atoms with Crippen LogP contribution in [0.3, 0.4) is 0 Å². The Morgan fingerprint density at radius 1 is 1.21 bits per heavy atom. The number of allylic oxidation sites excluding steroid dienone is 1. The zero-order chi connectivity index (χ0) is 13.5. The van der Waals surface area contributed by atoms with Crippen molar-refractivity contribution < 1.29 is 4.74 Å². The van der Waals surface area contributed by atoms with Gasteiger partial charge in [-0.25, -0.2) is 0 Å². The molecular formula is C18H23O. The average Bonchev–Trinajstić information content (AvgIpc) is 2.47. The molecule has 1 aliphatic rings. The molecule has 0 amide bonds. The minimum absolute atomic E-state index is 0.566. The van der Waals surface area contributed by atoms with Gasteiger partial charge >= 0.3 is 0 Å². The molecule has 1 heteroatoms. The van der Waals surface area contributed by atoms with E-state index < -0.39 is 0 Å². The minimum atomic E-state index is 0.566. The Labute approximate surface area is 117 Å². The summed E-state index contributed by atoms with van der Waals surface area (Å²) in [7, 11) is 0. The summed E-state index contributed by atoms with van der Waals surface area (Å²) in [5.41, 5.74) is 1.35. The standard InChI is InChI=1S/C18H23O/c1-3-7-15-10-12-16(13-11-15)17-8-5-6-9-18(17)19-14-4-2/h3-5,8-9,15-16H,1-2,7,10-14H2. The monoisotopic (exact) mass is 255 g/mol. The first kappa shape index (κ1) is 13.9. The van der Waals surface area contributed by atoms with Crippen LogP contribution in [0.25, 0.3) is 0 Å². The van der Waals surface area contributed by atoms with E-state index >= 15 is 0 Å².